The third-order valence-electron chi connectivity index (χ3n) is 2.26. The number of hydrogen-bond donors (Lipinski definition) is 2. The maximum absolute atomic E-state index is 11.4. The van der Waals surface area contributed by atoms with Crippen molar-refractivity contribution in [1.82, 2.24) is 10.6 Å². The second-order valence-electron chi connectivity index (χ2n) is 3.70. The van der Waals surface area contributed by atoms with Crippen LogP contribution in [0.4, 0.5) is 0 Å². The molecule has 1 amide bonds. The van der Waals surface area contributed by atoms with E-state index in [0.717, 1.165) is 12.0 Å². The van der Waals surface area contributed by atoms with Gasteiger partial charge in [-0.1, -0.05) is 30.3 Å². The van der Waals surface area contributed by atoms with Gasteiger partial charge >= 0.3 is 0 Å². The van der Waals surface area contributed by atoms with Gasteiger partial charge < -0.3 is 10.6 Å². The summed E-state index contributed by atoms with van der Waals surface area (Å²) >= 11 is 0. The van der Waals surface area contributed by atoms with Crippen molar-refractivity contribution in [2.75, 3.05) is 13.1 Å². The number of carbonyl (C=O) groups is 1. The van der Waals surface area contributed by atoms with E-state index in [-0.39, 0.29) is 5.91 Å². The highest BCUT2D eigenvalue weighted by atomic mass is 16.1. The van der Waals surface area contributed by atoms with E-state index in [0.29, 0.717) is 26.1 Å². The van der Waals surface area contributed by atoms with Gasteiger partial charge in [-0.2, -0.15) is 5.26 Å². The first-order valence-corrected chi connectivity index (χ1v) is 5.71. The second-order valence-corrected chi connectivity index (χ2v) is 3.70. The minimum atomic E-state index is -0.0224. The lowest BCUT2D eigenvalue weighted by Crippen LogP contribution is -2.33. The number of carbonyl (C=O) groups excluding carboxylic acids is 1. The predicted molar refractivity (Wildman–Crippen MR) is 66.0 cm³/mol. The summed E-state index contributed by atoms with van der Waals surface area (Å²) < 4.78 is 0. The average Bonchev–Trinajstić information content (AvgIpc) is 2.37. The van der Waals surface area contributed by atoms with Crippen molar-refractivity contribution in [2.45, 2.75) is 19.4 Å². The lowest BCUT2D eigenvalue weighted by Gasteiger charge is -2.06. The summed E-state index contributed by atoms with van der Waals surface area (Å²) in [5.41, 5.74) is 1.09. The molecule has 0 aliphatic rings. The van der Waals surface area contributed by atoms with E-state index in [1.54, 1.807) is 0 Å². The summed E-state index contributed by atoms with van der Waals surface area (Å²) in [5, 5.41) is 14.1. The summed E-state index contributed by atoms with van der Waals surface area (Å²) in [6.45, 7) is 1.56. The van der Waals surface area contributed by atoms with E-state index in [4.69, 9.17) is 5.26 Å². The normalized spacial score (nSPS) is 9.59. The van der Waals surface area contributed by atoms with Crippen LogP contribution in [0.5, 0.6) is 0 Å². The molecule has 0 atom stereocenters. The fraction of sp³-hybridized carbons (Fsp3) is 0.385. The minimum absolute atomic E-state index is 0.0224. The van der Waals surface area contributed by atoms with Gasteiger partial charge in [-0.3, -0.25) is 4.79 Å². The summed E-state index contributed by atoms with van der Waals surface area (Å²) in [6.07, 6.45) is 1.31. The zero-order chi connectivity index (χ0) is 12.3. The van der Waals surface area contributed by atoms with Gasteiger partial charge in [0.25, 0.3) is 0 Å². The first kappa shape index (κ1) is 13.2. The van der Waals surface area contributed by atoms with Crippen LogP contribution in [0.15, 0.2) is 30.3 Å². The van der Waals surface area contributed by atoms with Crippen LogP contribution in [0.25, 0.3) is 0 Å². The molecule has 0 saturated carbocycles. The summed E-state index contributed by atoms with van der Waals surface area (Å²) in [7, 11) is 0. The zero-order valence-corrected chi connectivity index (χ0v) is 9.78. The minimum Gasteiger partial charge on any atom is -0.351 e. The molecule has 2 N–H and O–H groups in total. The van der Waals surface area contributed by atoms with Crippen LogP contribution in [0.2, 0.25) is 0 Å². The molecule has 17 heavy (non-hydrogen) atoms. The van der Waals surface area contributed by atoms with E-state index in [1.807, 2.05) is 30.3 Å². The Morgan fingerprint density at radius 3 is 2.76 bits per heavy atom. The predicted octanol–water partition coefficient (Wildman–Crippen LogP) is 1.20. The summed E-state index contributed by atoms with van der Waals surface area (Å²) in [6, 6.07) is 11.8. The molecular weight excluding hydrogens is 214 g/mol. The van der Waals surface area contributed by atoms with Crippen molar-refractivity contribution >= 4 is 5.91 Å². The highest BCUT2D eigenvalue weighted by molar-refractivity contribution is 5.77. The molecule has 4 heteroatoms. The van der Waals surface area contributed by atoms with Crippen molar-refractivity contribution in [1.29, 1.82) is 5.26 Å². The van der Waals surface area contributed by atoms with Crippen LogP contribution < -0.4 is 10.6 Å². The molecule has 1 aromatic rings. The standard InChI is InChI=1S/C13H17N3O/c14-8-4-5-9-15-11-13(17)16-10-12-6-2-1-3-7-12/h1-3,6-7,15H,4-5,9-11H2,(H,16,17). The first-order valence-electron chi connectivity index (χ1n) is 5.71. The van der Waals surface area contributed by atoms with Crippen molar-refractivity contribution in [2.24, 2.45) is 0 Å². The lowest BCUT2D eigenvalue weighted by molar-refractivity contribution is -0.120. The molecular formula is C13H17N3O. The second kappa shape index (κ2) is 8.31. The van der Waals surface area contributed by atoms with E-state index >= 15 is 0 Å². The number of nitriles is 1. The Labute approximate surface area is 102 Å². The molecule has 0 heterocycles. The van der Waals surface area contributed by atoms with Crippen molar-refractivity contribution in [3.8, 4) is 6.07 Å². The number of nitrogens with one attached hydrogen (secondary N) is 2. The number of benzene rings is 1. The van der Waals surface area contributed by atoms with Gasteiger partial charge in [-0.25, -0.2) is 0 Å². The largest absolute Gasteiger partial charge is 0.351 e. The molecule has 0 aliphatic carbocycles. The molecule has 0 bridgehead atoms. The third-order valence-corrected chi connectivity index (χ3v) is 2.26. The van der Waals surface area contributed by atoms with E-state index in [1.165, 1.54) is 0 Å². The maximum atomic E-state index is 11.4. The van der Waals surface area contributed by atoms with Gasteiger partial charge in [0.05, 0.1) is 12.6 Å². The molecule has 0 radical (unpaired) electrons. The molecule has 1 aromatic carbocycles. The molecule has 0 aromatic heterocycles. The molecule has 0 aliphatic heterocycles. The van der Waals surface area contributed by atoms with Gasteiger partial charge in [0.2, 0.25) is 5.91 Å². The topological polar surface area (TPSA) is 64.9 Å². The fourth-order valence-electron chi connectivity index (χ4n) is 1.35. The van der Waals surface area contributed by atoms with Gasteiger partial charge in [0, 0.05) is 13.0 Å². The van der Waals surface area contributed by atoms with Crippen LogP contribution in [0.3, 0.4) is 0 Å². The number of hydrogen-bond acceptors (Lipinski definition) is 3. The maximum Gasteiger partial charge on any atom is 0.234 e. The van der Waals surface area contributed by atoms with Gasteiger partial charge in [0.15, 0.2) is 0 Å². The van der Waals surface area contributed by atoms with E-state index in [9.17, 15) is 4.79 Å². The zero-order valence-electron chi connectivity index (χ0n) is 9.78. The Bertz CT molecular complexity index is 370. The fourth-order valence-corrected chi connectivity index (χ4v) is 1.35. The summed E-state index contributed by atoms with van der Waals surface area (Å²) in [4.78, 5) is 11.4. The Morgan fingerprint density at radius 2 is 2.06 bits per heavy atom. The Kier molecular flexibility index (Phi) is 6.46. The van der Waals surface area contributed by atoms with Crippen LogP contribution in [0.1, 0.15) is 18.4 Å². The number of unbranched alkanes of at least 4 members (excludes halogenated alkanes) is 1. The molecule has 0 fully saturated rings. The number of rotatable bonds is 7. The average molecular weight is 231 g/mol. The highest BCUT2D eigenvalue weighted by Crippen LogP contribution is 1.96. The van der Waals surface area contributed by atoms with Crippen molar-refractivity contribution < 1.29 is 4.79 Å². The van der Waals surface area contributed by atoms with Gasteiger partial charge in [0.1, 0.15) is 0 Å². The molecule has 0 unspecified atom stereocenters. The van der Waals surface area contributed by atoms with Crippen molar-refractivity contribution in [3.63, 3.8) is 0 Å². The molecule has 0 saturated heterocycles. The molecule has 0 spiro atoms. The monoisotopic (exact) mass is 231 g/mol. The first-order chi connectivity index (χ1) is 8.33. The Hall–Kier alpha value is -1.86. The Morgan fingerprint density at radius 1 is 1.29 bits per heavy atom. The van der Waals surface area contributed by atoms with Crippen molar-refractivity contribution in [3.05, 3.63) is 35.9 Å². The Balaban J connectivity index is 2.08. The smallest absolute Gasteiger partial charge is 0.234 e. The highest BCUT2D eigenvalue weighted by Gasteiger charge is 1.99. The van der Waals surface area contributed by atoms with Crippen LogP contribution in [-0.2, 0) is 11.3 Å². The third kappa shape index (κ3) is 6.33. The quantitative estimate of drug-likeness (QED) is 0.693. The number of nitrogens with zero attached hydrogens (tertiary/aromatic N) is 1. The lowest BCUT2D eigenvalue weighted by atomic mass is 10.2. The SMILES string of the molecule is N#CCCCNCC(=O)NCc1ccccc1. The summed E-state index contributed by atoms with van der Waals surface area (Å²) in [5.74, 6) is -0.0224. The molecule has 1 rings (SSSR count). The van der Waals surface area contributed by atoms with Crippen LogP contribution >= 0.6 is 0 Å². The van der Waals surface area contributed by atoms with Gasteiger partial charge in [-0.05, 0) is 18.5 Å². The molecule has 90 valence electrons. The van der Waals surface area contributed by atoms with Crippen LogP contribution in [0, 0.1) is 11.3 Å². The van der Waals surface area contributed by atoms with E-state index in [2.05, 4.69) is 16.7 Å². The van der Waals surface area contributed by atoms with Crippen LogP contribution in [-0.4, -0.2) is 19.0 Å². The van der Waals surface area contributed by atoms with E-state index < -0.39 is 0 Å². The van der Waals surface area contributed by atoms with Gasteiger partial charge in [-0.15, -0.1) is 0 Å². The molecule has 4 nitrogen and oxygen atoms in total. The number of amides is 1.